The number of carbonyl (C=O) groups is 1. The number of thioether (sulfide) groups is 1. The SMILES string of the molecule is C[C@@H]1CCCC[C@@H]1NC(=S)NNC(=O)CSc1ccccc1F. The third-order valence-electron chi connectivity index (χ3n) is 3.94. The summed E-state index contributed by atoms with van der Waals surface area (Å²) in [6, 6.07) is 6.75. The Hall–Kier alpha value is -1.34. The predicted octanol–water partition coefficient (Wildman–Crippen LogP) is 2.99. The summed E-state index contributed by atoms with van der Waals surface area (Å²) in [5.74, 6) is 0.132. The van der Waals surface area contributed by atoms with Gasteiger partial charge in [-0.3, -0.25) is 15.6 Å². The van der Waals surface area contributed by atoms with Crippen LogP contribution in [-0.2, 0) is 4.79 Å². The van der Waals surface area contributed by atoms with Gasteiger partial charge in [0.2, 0.25) is 5.91 Å². The molecule has 1 aromatic carbocycles. The highest BCUT2D eigenvalue weighted by Gasteiger charge is 2.21. The van der Waals surface area contributed by atoms with Crippen LogP contribution < -0.4 is 16.2 Å². The van der Waals surface area contributed by atoms with E-state index in [2.05, 4.69) is 23.1 Å². The number of nitrogens with one attached hydrogen (secondary N) is 3. The molecule has 0 radical (unpaired) electrons. The van der Waals surface area contributed by atoms with E-state index in [1.807, 2.05) is 0 Å². The van der Waals surface area contributed by atoms with Crippen molar-refractivity contribution in [2.45, 2.75) is 43.5 Å². The Morgan fingerprint density at radius 1 is 1.30 bits per heavy atom. The lowest BCUT2D eigenvalue weighted by Gasteiger charge is -2.30. The normalized spacial score (nSPS) is 20.6. The van der Waals surface area contributed by atoms with Crippen LogP contribution in [-0.4, -0.2) is 22.8 Å². The van der Waals surface area contributed by atoms with Crippen LogP contribution in [0.1, 0.15) is 32.6 Å². The molecule has 0 spiro atoms. The molecular weight excluding hydrogens is 333 g/mol. The minimum absolute atomic E-state index is 0.121. The number of carbonyl (C=O) groups excluding carboxylic acids is 1. The van der Waals surface area contributed by atoms with E-state index in [1.54, 1.807) is 18.2 Å². The minimum atomic E-state index is -0.318. The molecule has 0 saturated heterocycles. The molecule has 23 heavy (non-hydrogen) atoms. The molecule has 1 amide bonds. The number of benzene rings is 1. The molecular formula is C16H22FN3OS2. The zero-order valence-corrected chi connectivity index (χ0v) is 14.7. The highest BCUT2D eigenvalue weighted by atomic mass is 32.2. The van der Waals surface area contributed by atoms with E-state index in [-0.39, 0.29) is 17.5 Å². The smallest absolute Gasteiger partial charge is 0.248 e. The summed E-state index contributed by atoms with van der Waals surface area (Å²) in [7, 11) is 0. The summed E-state index contributed by atoms with van der Waals surface area (Å²) >= 11 is 6.35. The zero-order valence-electron chi connectivity index (χ0n) is 13.1. The summed E-state index contributed by atoms with van der Waals surface area (Å²) < 4.78 is 13.5. The lowest BCUT2D eigenvalue weighted by atomic mass is 9.86. The van der Waals surface area contributed by atoms with Gasteiger partial charge in [-0.2, -0.15) is 0 Å². The molecule has 2 rings (SSSR count). The van der Waals surface area contributed by atoms with E-state index in [1.165, 1.54) is 25.3 Å². The van der Waals surface area contributed by atoms with E-state index in [4.69, 9.17) is 12.2 Å². The average molecular weight is 356 g/mol. The Kier molecular flexibility index (Phi) is 7.11. The second kappa shape index (κ2) is 9.08. The van der Waals surface area contributed by atoms with Gasteiger partial charge < -0.3 is 5.32 Å². The maximum atomic E-state index is 13.5. The fraction of sp³-hybridized carbons (Fsp3) is 0.500. The zero-order chi connectivity index (χ0) is 16.7. The van der Waals surface area contributed by atoms with Crippen molar-refractivity contribution in [2.75, 3.05) is 5.75 Å². The molecule has 1 aliphatic carbocycles. The number of thiocarbonyl (C=S) groups is 1. The maximum absolute atomic E-state index is 13.5. The lowest BCUT2D eigenvalue weighted by Crippen LogP contribution is -2.52. The Morgan fingerprint density at radius 2 is 2.04 bits per heavy atom. The van der Waals surface area contributed by atoms with E-state index in [0.29, 0.717) is 22.0 Å². The van der Waals surface area contributed by atoms with E-state index < -0.39 is 0 Å². The second-order valence-corrected chi connectivity index (χ2v) is 7.16. The van der Waals surface area contributed by atoms with Crippen LogP contribution in [0.3, 0.4) is 0 Å². The number of rotatable bonds is 4. The van der Waals surface area contributed by atoms with Crippen molar-refractivity contribution >= 4 is 35.0 Å². The maximum Gasteiger partial charge on any atom is 0.248 e. The summed E-state index contributed by atoms with van der Waals surface area (Å²) in [6.45, 7) is 2.21. The number of hydrazine groups is 1. The van der Waals surface area contributed by atoms with Crippen molar-refractivity contribution in [2.24, 2.45) is 5.92 Å². The average Bonchev–Trinajstić information content (AvgIpc) is 2.54. The molecule has 1 aromatic rings. The van der Waals surface area contributed by atoms with Gasteiger partial charge in [-0.1, -0.05) is 31.9 Å². The first-order chi connectivity index (χ1) is 11.1. The summed E-state index contributed by atoms with van der Waals surface area (Å²) in [6.07, 6.45) is 4.77. The van der Waals surface area contributed by atoms with Gasteiger partial charge in [0.1, 0.15) is 5.82 Å². The topological polar surface area (TPSA) is 53.2 Å². The van der Waals surface area contributed by atoms with Gasteiger partial charge in [0.25, 0.3) is 0 Å². The van der Waals surface area contributed by atoms with Crippen molar-refractivity contribution in [1.82, 2.24) is 16.2 Å². The van der Waals surface area contributed by atoms with E-state index in [9.17, 15) is 9.18 Å². The Labute approximate surface area is 146 Å². The van der Waals surface area contributed by atoms with E-state index in [0.717, 1.165) is 18.2 Å². The van der Waals surface area contributed by atoms with Gasteiger partial charge in [-0.15, -0.1) is 11.8 Å². The number of hydrogen-bond acceptors (Lipinski definition) is 3. The molecule has 0 aliphatic heterocycles. The van der Waals surface area contributed by atoms with Gasteiger partial charge in [0.15, 0.2) is 5.11 Å². The fourth-order valence-corrected chi connectivity index (χ4v) is 3.54. The molecule has 1 aliphatic rings. The fourth-order valence-electron chi connectivity index (χ4n) is 2.60. The minimum Gasteiger partial charge on any atom is -0.358 e. The molecule has 0 heterocycles. The Morgan fingerprint density at radius 3 is 2.78 bits per heavy atom. The molecule has 7 heteroatoms. The Balaban J connectivity index is 1.67. The first-order valence-electron chi connectivity index (χ1n) is 7.79. The van der Waals surface area contributed by atoms with Gasteiger partial charge in [0.05, 0.1) is 5.75 Å². The Bertz CT molecular complexity index is 556. The van der Waals surface area contributed by atoms with Crippen LogP contribution in [0.2, 0.25) is 0 Å². The molecule has 0 unspecified atom stereocenters. The third kappa shape index (κ3) is 5.99. The monoisotopic (exact) mass is 355 g/mol. The molecule has 3 N–H and O–H groups in total. The molecule has 1 fully saturated rings. The largest absolute Gasteiger partial charge is 0.358 e. The third-order valence-corrected chi connectivity index (χ3v) is 5.21. The molecule has 0 bridgehead atoms. The predicted molar refractivity (Wildman–Crippen MR) is 95.6 cm³/mol. The first-order valence-corrected chi connectivity index (χ1v) is 9.18. The van der Waals surface area contributed by atoms with Crippen molar-refractivity contribution in [3.8, 4) is 0 Å². The van der Waals surface area contributed by atoms with Crippen molar-refractivity contribution in [3.63, 3.8) is 0 Å². The van der Waals surface area contributed by atoms with Crippen LogP contribution in [0.5, 0.6) is 0 Å². The standard InChI is InChI=1S/C16H22FN3OS2/c1-11-6-2-4-8-13(11)18-16(22)20-19-15(21)10-23-14-9-5-3-7-12(14)17/h3,5,7,9,11,13H,2,4,6,8,10H2,1H3,(H,19,21)(H2,18,20,22)/t11-,13+/m1/s1. The summed E-state index contributed by atoms with van der Waals surface area (Å²) in [5, 5.41) is 3.67. The van der Waals surface area contributed by atoms with Crippen LogP contribution >= 0.6 is 24.0 Å². The highest BCUT2D eigenvalue weighted by molar-refractivity contribution is 8.00. The quantitative estimate of drug-likeness (QED) is 0.440. The molecule has 126 valence electrons. The number of halogens is 1. The molecule has 2 atom stereocenters. The highest BCUT2D eigenvalue weighted by Crippen LogP contribution is 2.23. The molecule has 1 saturated carbocycles. The van der Waals surface area contributed by atoms with Gasteiger partial charge in [-0.25, -0.2) is 4.39 Å². The number of amides is 1. The first kappa shape index (κ1) is 18.0. The van der Waals surface area contributed by atoms with Gasteiger partial charge in [0, 0.05) is 10.9 Å². The van der Waals surface area contributed by atoms with Crippen molar-refractivity contribution in [3.05, 3.63) is 30.1 Å². The molecule has 0 aromatic heterocycles. The molecule has 4 nitrogen and oxygen atoms in total. The summed E-state index contributed by atoms with van der Waals surface area (Å²) in [5.41, 5.74) is 5.26. The lowest BCUT2D eigenvalue weighted by molar-refractivity contribution is -0.119. The van der Waals surface area contributed by atoms with Crippen LogP contribution in [0, 0.1) is 11.7 Å². The van der Waals surface area contributed by atoms with E-state index >= 15 is 0 Å². The van der Waals surface area contributed by atoms with Gasteiger partial charge in [-0.05, 0) is 43.1 Å². The second-order valence-electron chi connectivity index (χ2n) is 5.73. The summed E-state index contributed by atoms with van der Waals surface area (Å²) in [4.78, 5) is 12.2. The van der Waals surface area contributed by atoms with Crippen molar-refractivity contribution in [1.29, 1.82) is 0 Å². The van der Waals surface area contributed by atoms with Gasteiger partial charge >= 0.3 is 0 Å². The van der Waals surface area contributed by atoms with Crippen LogP contribution in [0.15, 0.2) is 29.2 Å². The van der Waals surface area contributed by atoms with Crippen molar-refractivity contribution < 1.29 is 9.18 Å². The van der Waals surface area contributed by atoms with Crippen LogP contribution in [0.4, 0.5) is 4.39 Å². The number of hydrogen-bond donors (Lipinski definition) is 3. The van der Waals surface area contributed by atoms with Crippen LogP contribution in [0.25, 0.3) is 0 Å².